The Morgan fingerprint density at radius 3 is 2.96 bits per heavy atom. The summed E-state index contributed by atoms with van der Waals surface area (Å²) in [6.45, 7) is 3.12. The van der Waals surface area contributed by atoms with Crippen LogP contribution >= 0.6 is 22.9 Å². The van der Waals surface area contributed by atoms with Gasteiger partial charge in [0.1, 0.15) is 0 Å². The van der Waals surface area contributed by atoms with Gasteiger partial charge in [0.15, 0.2) is 11.5 Å². The lowest BCUT2D eigenvalue weighted by Gasteiger charge is -2.24. The van der Waals surface area contributed by atoms with Crippen LogP contribution in [0, 0.1) is 0 Å². The molecule has 0 aliphatic carbocycles. The largest absolute Gasteiger partial charge is 0.493 e. The Morgan fingerprint density at radius 2 is 2.29 bits per heavy atom. The smallest absolute Gasteiger partial charge is 0.254 e. The number of thiophene rings is 1. The number of likely N-dealkylation sites (tertiary alicyclic amines) is 1. The van der Waals surface area contributed by atoms with Gasteiger partial charge in [-0.2, -0.15) is 0 Å². The standard InChI is InChI=1S/C18H20ClNO3S/c1-3-23-17-13(19)10-12(11-15(17)22-2)18(21)20-8-4-6-14(20)16-7-5-9-24-16/h5,7,9-11,14H,3-4,6,8H2,1-2H3/t14-/m1/s1. The maximum Gasteiger partial charge on any atom is 0.254 e. The molecule has 1 aromatic carbocycles. The van der Waals surface area contributed by atoms with Gasteiger partial charge in [-0.1, -0.05) is 17.7 Å². The highest BCUT2D eigenvalue weighted by Crippen LogP contribution is 2.39. The zero-order valence-corrected chi connectivity index (χ0v) is 15.3. The van der Waals surface area contributed by atoms with Crippen molar-refractivity contribution in [1.29, 1.82) is 0 Å². The molecule has 0 spiro atoms. The first-order valence-electron chi connectivity index (χ1n) is 8.00. The third-order valence-electron chi connectivity index (χ3n) is 4.15. The van der Waals surface area contributed by atoms with Gasteiger partial charge in [-0.05, 0) is 43.3 Å². The molecule has 1 saturated heterocycles. The highest BCUT2D eigenvalue weighted by molar-refractivity contribution is 7.10. The molecule has 1 amide bonds. The van der Waals surface area contributed by atoms with Gasteiger partial charge in [-0.3, -0.25) is 4.79 Å². The van der Waals surface area contributed by atoms with Crippen LogP contribution in [0.4, 0.5) is 0 Å². The molecule has 1 atom stereocenters. The normalized spacial score (nSPS) is 17.1. The van der Waals surface area contributed by atoms with E-state index >= 15 is 0 Å². The summed E-state index contributed by atoms with van der Waals surface area (Å²) >= 11 is 8.00. The predicted octanol–water partition coefficient (Wildman–Crippen LogP) is 4.79. The average molecular weight is 366 g/mol. The van der Waals surface area contributed by atoms with Crippen molar-refractivity contribution in [3.63, 3.8) is 0 Å². The number of carbonyl (C=O) groups is 1. The highest BCUT2D eigenvalue weighted by Gasteiger charge is 2.32. The number of rotatable bonds is 5. The first-order chi connectivity index (χ1) is 11.7. The van der Waals surface area contributed by atoms with E-state index in [9.17, 15) is 4.79 Å². The van der Waals surface area contributed by atoms with Gasteiger partial charge in [-0.25, -0.2) is 0 Å². The summed E-state index contributed by atoms with van der Waals surface area (Å²) in [5, 5.41) is 2.44. The maximum absolute atomic E-state index is 13.0. The van der Waals surface area contributed by atoms with Crippen molar-refractivity contribution in [2.45, 2.75) is 25.8 Å². The van der Waals surface area contributed by atoms with Crippen molar-refractivity contribution >= 4 is 28.8 Å². The lowest BCUT2D eigenvalue weighted by molar-refractivity contribution is 0.0737. The predicted molar refractivity (Wildman–Crippen MR) is 96.5 cm³/mol. The third-order valence-corrected chi connectivity index (χ3v) is 5.40. The zero-order valence-electron chi connectivity index (χ0n) is 13.8. The molecule has 0 saturated carbocycles. The molecule has 2 heterocycles. The van der Waals surface area contributed by atoms with Crippen LogP contribution in [0.5, 0.6) is 11.5 Å². The first-order valence-corrected chi connectivity index (χ1v) is 9.26. The van der Waals surface area contributed by atoms with Crippen molar-refractivity contribution < 1.29 is 14.3 Å². The Hall–Kier alpha value is -1.72. The number of halogens is 1. The second kappa shape index (κ2) is 7.45. The zero-order chi connectivity index (χ0) is 17.1. The van der Waals surface area contributed by atoms with Crippen molar-refractivity contribution in [3.05, 3.63) is 45.1 Å². The van der Waals surface area contributed by atoms with E-state index in [0.29, 0.717) is 28.7 Å². The summed E-state index contributed by atoms with van der Waals surface area (Å²) in [5.41, 5.74) is 0.531. The Balaban J connectivity index is 1.91. The third kappa shape index (κ3) is 3.23. The van der Waals surface area contributed by atoms with Gasteiger partial charge in [0.25, 0.3) is 5.91 Å². The van der Waals surface area contributed by atoms with Gasteiger partial charge in [0, 0.05) is 17.0 Å². The summed E-state index contributed by atoms with van der Waals surface area (Å²) in [4.78, 5) is 16.2. The van der Waals surface area contributed by atoms with Gasteiger partial charge >= 0.3 is 0 Å². The number of nitrogens with zero attached hydrogens (tertiary/aromatic N) is 1. The minimum absolute atomic E-state index is 0.0193. The topological polar surface area (TPSA) is 38.8 Å². The van der Waals surface area contributed by atoms with E-state index in [2.05, 4.69) is 6.07 Å². The van der Waals surface area contributed by atoms with Gasteiger partial charge in [0.05, 0.1) is 24.8 Å². The minimum Gasteiger partial charge on any atom is -0.493 e. The molecule has 4 nitrogen and oxygen atoms in total. The monoisotopic (exact) mass is 365 g/mol. The maximum atomic E-state index is 13.0. The quantitative estimate of drug-likeness (QED) is 0.764. The lowest BCUT2D eigenvalue weighted by atomic mass is 10.1. The van der Waals surface area contributed by atoms with E-state index in [0.717, 1.165) is 19.4 Å². The van der Waals surface area contributed by atoms with E-state index in [4.69, 9.17) is 21.1 Å². The number of methoxy groups -OCH3 is 1. The van der Waals surface area contributed by atoms with E-state index in [1.165, 1.54) is 4.88 Å². The van der Waals surface area contributed by atoms with E-state index in [1.54, 1.807) is 30.6 Å². The Labute approximate surface area is 150 Å². The highest BCUT2D eigenvalue weighted by atomic mass is 35.5. The molecule has 1 aromatic heterocycles. The summed E-state index contributed by atoms with van der Waals surface area (Å²) in [5.74, 6) is 0.947. The second-order valence-electron chi connectivity index (χ2n) is 5.59. The van der Waals surface area contributed by atoms with Crippen LogP contribution in [0.2, 0.25) is 5.02 Å². The van der Waals surface area contributed by atoms with Crippen LogP contribution in [-0.4, -0.2) is 31.1 Å². The van der Waals surface area contributed by atoms with Gasteiger partial charge in [-0.15, -0.1) is 11.3 Å². The summed E-state index contributed by atoms with van der Waals surface area (Å²) < 4.78 is 10.9. The summed E-state index contributed by atoms with van der Waals surface area (Å²) in [6, 6.07) is 7.64. The van der Waals surface area contributed by atoms with Crippen molar-refractivity contribution in [3.8, 4) is 11.5 Å². The van der Waals surface area contributed by atoms with Crippen molar-refractivity contribution in [1.82, 2.24) is 4.90 Å². The number of carbonyl (C=O) groups excluding carboxylic acids is 1. The van der Waals surface area contributed by atoms with E-state index < -0.39 is 0 Å². The van der Waals surface area contributed by atoms with Crippen LogP contribution in [0.1, 0.15) is 41.0 Å². The van der Waals surface area contributed by atoms with Crippen LogP contribution in [0.25, 0.3) is 0 Å². The molecular formula is C18H20ClNO3S. The number of hydrogen-bond acceptors (Lipinski definition) is 4. The van der Waals surface area contributed by atoms with Crippen LogP contribution in [0.15, 0.2) is 29.6 Å². The lowest BCUT2D eigenvalue weighted by Crippen LogP contribution is -2.30. The Bertz CT molecular complexity index is 717. The molecule has 1 aliphatic rings. The van der Waals surface area contributed by atoms with Crippen molar-refractivity contribution in [2.75, 3.05) is 20.3 Å². The Kier molecular flexibility index (Phi) is 5.31. The number of hydrogen-bond donors (Lipinski definition) is 0. The summed E-state index contributed by atoms with van der Waals surface area (Å²) in [6.07, 6.45) is 2.00. The SMILES string of the molecule is CCOc1c(Cl)cc(C(=O)N2CCC[C@@H]2c2cccs2)cc1OC. The van der Waals surface area contributed by atoms with Gasteiger partial charge in [0.2, 0.25) is 0 Å². The molecular weight excluding hydrogens is 346 g/mol. The fourth-order valence-corrected chi connectivity index (χ4v) is 4.22. The molecule has 6 heteroatoms. The van der Waals surface area contributed by atoms with Crippen LogP contribution in [0.3, 0.4) is 0 Å². The molecule has 24 heavy (non-hydrogen) atoms. The number of ether oxygens (including phenoxy) is 2. The minimum atomic E-state index is -0.0193. The van der Waals surface area contributed by atoms with Crippen LogP contribution < -0.4 is 9.47 Å². The van der Waals surface area contributed by atoms with E-state index in [1.807, 2.05) is 23.3 Å². The second-order valence-corrected chi connectivity index (χ2v) is 6.98. The number of amides is 1. The fraction of sp³-hybridized carbons (Fsp3) is 0.389. The molecule has 0 N–H and O–H groups in total. The van der Waals surface area contributed by atoms with E-state index in [-0.39, 0.29) is 11.9 Å². The van der Waals surface area contributed by atoms with Crippen LogP contribution in [-0.2, 0) is 0 Å². The molecule has 128 valence electrons. The number of benzene rings is 1. The molecule has 3 rings (SSSR count). The molecule has 0 bridgehead atoms. The molecule has 1 fully saturated rings. The molecule has 0 radical (unpaired) electrons. The van der Waals surface area contributed by atoms with Crippen molar-refractivity contribution in [2.24, 2.45) is 0 Å². The Morgan fingerprint density at radius 1 is 1.46 bits per heavy atom. The fourth-order valence-electron chi connectivity index (χ4n) is 3.08. The molecule has 0 unspecified atom stereocenters. The first kappa shape index (κ1) is 17.1. The average Bonchev–Trinajstić information content (AvgIpc) is 3.26. The molecule has 2 aromatic rings. The molecule has 1 aliphatic heterocycles. The van der Waals surface area contributed by atoms with Gasteiger partial charge < -0.3 is 14.4 Å². The summed E-state index contributed by atoms with van der Waals surface area (Å²) in [7, 11) is 1.55.